The van der Waals surface area contributed by atoms with Gasteiger partial charge in [-0.05, 0) is 60.7 Å². The summed E-state index contributed by atoms with van der Waals surface area (Å²) in [5.74, 6) is -0.715. The van der Waals surface area contributed by atoms with Crippen LogP contribution in [0.15, 0.2) is 89.9 Å². The second kappa shape index (κ2) is 12.1. The first-order valence-electron chi connectivity index (χ1n) is 12.1. The average molecular weight is 486 g/mol. The highest BCUT2D eigenvalue weighted by atomic mass is 16.3. The Morgan fingerprint density at radius 1 is 0.972 bits per heavy atom. The number of hydrogen-bond acceptors (Lipinski definition) is 6. The van der Waals surface area contributed by atoms with Crippen LogP contribution >= 0.6 is 0 Å². The van der Waals surface area contributed by atoms with E-state index in [9.17, 15) is 9.59 Å². The lowest BCUT2D eigenvalue weighted by molar-refractivity contribution is -0.123. The molecule has 1 aromatic heterocycles. The molecule has 2 atom stereocenters. The molecule has 8 heteroatoms. The van der Waals surface area contributed by atoms with Gasteiger partial charge in [-0.3, -0.25) is 14.5 Å². The fourth-order valence-electron chi connectivity index (χ4n) is 4.16. The number of anilines is 1. The monoisotopic (exact) mass is 485 g/mol. The summed E-state index contributed by atoms with van der Waals surface area (Å²) in [6, 6.07) is 22.9. The molecule has 4 rings (SSSR count). The molecule has 36 heavy (non-hydrogen) atoms. The van der Waals surface area contributed by atoms with Crippen LogP contribution in [0.5, 0.6) is 0 Å². The van der Waals surface area contributed by atoms with Crippen LogP contribution in [0, 0.1) is 0 Å². The van der Waals surface area contributed by atoms with Gasteiger partial charge in [-0.2, -0.15) is 0 Å². The Balaban J connectivity index is 1.71. The van der Waals surface area contributed by atoms with E-state index >= 15 is 0 Å². The molecule has 0 radical (unpaired) electrons. The van der Waals surface area contributed by atoms with Gasteiger partial charge in [0.1, 0.15) is 12.4 Å². The van der Waals surface area contributed by atoms with Crippen molar-refractivity contribution in [1.29, 1.82) is 0 Å². The molecule has 0 fully saturated rings. The van der Waals surface area contributed by atoms with Crippen molar-refractivity contribution in [2.24, 2.45) is 11.5 Å². The Kier molecular flexibility index (Phi) is 8.44. The molecule has 0 saturated heterocycles. The lowest BCUT2D eigenvalue weighted by Crippen LogP contribution is -2.55. The molecule has 0 aliphatic carbocycles. The summed E-state index contributed by atoms with van der Waals surface area (Å²) in [6.07, 6.45) is 4.05. The lowest BCUT2D eigenvalue weighted by Gasteiger charge is -2.33. The third kappa shape index (κ3) is 6.16. The summed E-state index contributed by atoms with van der Waals surface area (Å²) in [7, 11) is 0. The van der Waals surface area contributed by atoms with Crippen molar-refractivity contribution in [3.8, 4) is 0 Å². The molecule has 0 bridgehead atoms. The minimum Gasteiger partial charge on any atom is -0.451 e. The van der Waals surface area contributed by atoms with Crippen molar-refractivity contribution < 1.29 is 14.0 Å². The topological polar surface area (TPSA) is 127 Å². The van der Waals surface area contributed by atoms with Gasteiger partial charge in [0.05, 0.1) is 6.04 Å². The summed E-state index contributed by atoms with van der Waals surface area (Å²) in [5.41, 5.74) is 13.6. The fourth-order valence-corrected chi connectivity index (χ4v) is 4.16. The van der Waals surface area contributed by atoms with Crippen LogP contribution in [0.25, 0.3) is 10.8 Å². The van der Waals surface area contributed by atoms with Gasteiger partial charge in [0, 0.05) is 5.69 Å². The number of carbonyl (C=O) groups is 2. The number of hydrogen-bond donors (Lipinski definition) is 3. The summed E-state index contributed by atoms with van der Waals surface area (Å²) < 4.78 is 5.09. The van der Waals surface area contributed by atoms with E-state index in [0.717, 1.165) is 16.3 Å². The average Bonchev–Trinajstić information content (AvgIpc) is 3.46. The normalized spacial score (nSPS) is 12.7. The largest absolute Gasteiger partial charge is 0.451 e. The first kappa shape index (κ1) is 25.1. The number of nitrogens with zero attached hydrogens (tertiary/aromatic N) is 2. The van der Waals surface area contributed by atoms with Gasteiger partial charge >= 0.3 is 0 Å². The molecule has 1 heterocycles. The van der Waals surface area contributed by atoms with Crippen LogP contribution in [-0.2, 0) is 11.2 Å². The van der Waals surface area contributed by atoms with E-state index < -0.39 is 12.2 Å². The number of aryl methyl sites for hydroxylation is 1. The number of rotatable bonds is 11. The molecular weight excluding hydrogens is 454 g/mol. The van der Waals surface area contributed by atoms with Gasteiger partial charge in [-0.15, -0.1) is 0 Å². The van der Waals surface area contributed by atoms with Crippen molar-refractivity contribution in [3.63, 3.8) is 0 Å². The first-order valence-corrected chi connectivity index (χ1v) is 12.1. The molecule has 0 saturated carbocycles. The highest BCUT2D eigenvalue weighted by molar-refractivity contribution is 6.06. The van der Waals surface area contributed by atoms with Crippen molar-refractivity contribution in [2.75, 3.05) is 11.4 Å². The molecule has 186 valence electrons. The summed E-state index contributed by atoms with van der Waals surface area (Å²) in [4.78, 5) is 32.4. The zero-order chi connectivity index (χ0) is 25.3. The van der Waals surface area contributed by atoms with Crippen molar-refractivity contribution >= 4 is 28.3 Å². The molecule has 0 unspecified atom stereocenters. The van der Waals surface area contributed by atoms with Crippen LogP contribution in [0.2, 0.25) is 0 Å². The molecule has 2 amide bonds. The van der Waals surface area contributed by atoms with Crippen LogP contribution < -0.4 is 21.7 Å². The number of benzene rings is 3. The van der Waals surface area contributed by atoms with E-state index in [1.54, 1.807) is 4.90 Å². The van der Waals surface area contributed by atoms with Crippen molar-refractivity contribution in [1.82, 2.24) is 10.3 Å². The molecule has 0 aliphatic rings. The zero-order valence-corrected chi connectivity index (χ0v) is 20.0. The smallest absolute Gasteiger partial charge is 0.281 e. The quantitative estimate of drug-likeness (QED) is 0.279. The molecule has 8 nitrogen and oxygen atoms in total. The number of nitrogens with two attached hydrogens (primary N) is 2. The highest BCUT2D eigenvalue weighted by Gasteiger charge is 2.30. The van der Waals surface area contributed by atoms with E-state index in [4.69, 9.17) is 15.9 Å². The number of aromatic nitrogens is 1. The van der Waals surface area contributed by atoms with Gasteiger partial charge < -0.3 is 21.2 Å². The Morgan fingerprint density at radius 2 is 1.72 bits per heavy atom. The summed E-state index contributed by atoms with van der Waals surface area (Å²) in [5, 5.41) is 5.05. The van der Waals surface area contributed by atoms with Gasteiger partial charge in [-0.1, -0.05) is 60.7 Å². The molecule has 0 spiro atoms. The van der Waals surface area contributed by atoms with E-state index in [-0.39, 0.29) is 17.5 Å². The SMILES string of the molecule is NCCC[C@@H](N)C(=O)N[C@@H](CCc1ccccc1)N(C(=O)c1cocn1)c1ccc2ccccc2c1. The molecular formula is C28H31N5O3. The number of carbonyl (C=O) groups excluding carboxylic acids is 2. The maximum atomic E-state index is 13.7. The van der Waals surface area contributed by atoms with Crippen LogP contribution in [-0.4, -0.2) is 35.6 Å². The summed E-state index contributed by atoms with van der Waals surface area (Å²) in [6.45, 7) is 0.451. The fraction of sp³-hybridized carbons (Fsp3) is 0.250. The van der Waals surface area contributed by atoms with Crippen molar-refractivity contribution in [3.05, 3.63) is 96.7 Å². The minimum atomic E-state index is -0.728. The molecule has 3 aromatic carbocycles. The van der Waals surface area contributed by atoms with E-state index in [2.05, 4.69) is 10.3 Å². The zero-order valence-electron chi connectivity index (χ0n) is 20.0. The molecule has 4 aromatic rings. The van der Waals surface area contributed by atoms with Gasteiger partial charge in [0.2, 0.25) is 5.91 Å². The maximum Gasteiger partial charge on any atom is 0.281 e. The Labute approximate surface area is 210 Å². The number of nitrogens with one attached hydrogen (secondary N) is 1. The van der Waals surface area contributed by atoms with Gasteiger partial charge in [-0.25, -0.2) is 4.98 Å². The third-order valence-corrected chi connectivity index (χ3v) is 6.11. The van der Waals surface area contributed by atoms with E-state index in [1.807, 2.05) is 72.8 Å². The van der Waals surface area contributed by atoms with Crippen LogP contribution in [0.4, 0.5) is 5.69 Å². The van der Waals surface area contributed by atoms with E-state index in [1.165, 1.54) is 12.7 Å². The standard InChI is InChI=1S/C28H31N5O3/c29-16-6-11-24(30)27(34)32-26(15-12-20-7-2-1-3-8-20)33(28(35)25-18-36-19-31-25)23-14-13-21-9-4-5-10-22(21)17-23/h1-5,7-10,13-14,17-19,24,26H,6,11-12,15-16,29-30H2,(H,32,34)/t24-,26-/m1/s1. The maximum absolute atomic E-state index is 13.7. The minimum absolute atomic E-state index is 0.148. The first-order chi connectivity index (χ1) is 17.6. The summed E-state index contributed by atoms with van der Waals surface area (Å²) >= 11 is 0. The molecule has 5 N–H and O–H groups in total. The Hall–Kier alpha value is -4.01. The van der Waals surface area contributed by atoms with E-state index in [0.29, 0.717) is 37.9 Å². The Morgan fingerprint density at radius 3 is 2.44 bits per heavy atom. The van der Waals surface area contributed by atoms with Crippen molar-refractivity contribution in [2.45, 2.75) is 37.9 Å². The predicted molar refractivity (Wildman–Crippen MR) is 140 cm³/mol. The van der Waals surface area contributed by atoms with Crippen LogP contribution in [0.3, 0.4) is 0 Å². The number of amides is 2. The predicted octanol–water partition coefficient (Wildman–Crippen LogP) is 3.62. The lowest BCUT2D eigenvalue weighted by atomic mass is 10.0. The van der Waals surface area contributed by atoms with Crippen LogP contribution in [0.1, 0.15) is 35.3 Å². The Bertz CT molecular complexity index is 1280. The number of oxazole rings is 1. The third-order valence-electron chi connectivity index (χ3n) is 6.11. The van der Waals surface area contributed by atoms with Gasteiger partial charge in [0.25, 0.3) is 5.91 Å². The number of fused-ring (bicyclic) bond motifs is 1. The second-order valence-electron chi connectivity index (χ2n) is 8.67. The van der Waals surface area contributed by atoms with Gasteiger partial charge in [0.15, 0.2) is 12.1 Å². The molecule has 0 aliphatic heterocycles. The highest BCUT2D eigenvalue weighted by Crippen LogP contribution is 2.26. The second-order valence-corrected chi connectivity index (χ2v) is 8.67.